The second-order valence-corrected chi connectivity index (χ2v) is 8.88. The Hall–Kier alpha value is -2.56. The minimum Gasteiger partial charge on any atom is -0.494 e. The van der Waals surface area contributed by atoms with Gasteiger partial charge in [0.25, 0.3) is 0 Å². The first-order valence-electron chi connectivity index (χ1n) is 9.83. The Balaban J connectivity index is 1.58. The molecule has 5 nitrogen and oxygen atoms in total. The molecule has 2 aliphatic heterocycles. The maximum absolute atomic E-state index is 13.0. The molecule has 0 saturated carbocycles. The van der Waals surface area contributed by atoms with Gasteiger partial charge in [0, 0.05) is 22.9 Å². The van der Waals surface area contributed by atoms with Gasteiger partial charge in [0.15, 0.2) is 0 Å². The fraction of sp³-hybridized carbons (Fsp3) is 0.304. The SMILES string of the molecule is CCOc1ccc(N2CSC3=C(C#N)C(c4ccc(SC)cc4)CC(=O)N3C2)cc1. The fourth-order valence-electron chi connectivity index (χ4n) is 3.77. The molecule has 1 unspecified atom stereocenters. The van der Waals surface area contributed by atoms with Crippen LogP contribution in [-0.2, 0) is 4.79 Å². The highest BCUT2D eigenvalue weighted by Crippen LogP contribution is 2.43. The summed E-state index contributed by atoms with van der Waals surface area (Å²) < 4.78 is 5.51. The van der Waals surface area contributed by atoms with Crippen LogP contribution in [0.4, 0.5) is 5.69 Å². The van der Waals surface area contributed by atoms with Gasteiger partial charge in [0.05, 0.1) is 35.8 Å². The molecular formula is C23H23N3O2S2. The Morgan fingerprint density at radius 2 is 1.93 bits per heavy atom. The first-order valence-corrected chi connectivity index (χ1v) is 12.0. The van der Waals surface area contributed by atoms with Gasteiger partial charge in [0.1, 0.15) is 5.75 Å². The topological polar surface area (TPSA) is 56.6 Å². The van der Waals surface area contributed by atoms with Gasteiger partial charge in [-0.1, -0.05) is 23.9 Å². The lowest BCUT2D eigenvalue weighted by molar-refractivity contribution is -0.129. The van der Waals surface area contributed by atoms with E-state index in [4.69, 9.17) is 4.74 Å². The number of fused-ring (bicyclic) bond motifs is 1. The molecule has 0 N–H and O–H groups in total. The zero-order valence-corrected chi connectivity index (χ0v) is 18.6. The van der Waals surface area contributed by atoms with Crippen LogP contribution < -0.4 is 9.64 Å². The van der Waals surface area contributed by atoms with Crippen molar-refractivity contribution in [2.75, 3.05) is 30.3 Å². The quantitative estimate of drug-likeness (QED) is 0.612. The number of anilines is 1. The van der Waals surface area contributed by atoms with E-state index in [0.29, 0.717) is 31.1 Å². The van der Waals surface area contributed by atoms with Crippen molar-refractivity contribution in [3.05, 3.63) is 64.7 Å². The van der Waals surface area contributed by atoms with E-state index in [-0.39, 0.29) is 11.8 Å². The third kappa shape index (κ3) is 4.03. The lowest BCUT2D eigenvalue weighted by Crippen LogP contribution is -2.47. The second-order valence-electron chi connectivity index (χ2n) is 7.06. The van der Waals surface area contributed by atoms with Gasteiger partial charge >= 0.3 is 0 Å². The van der Waals surface area contributed by atoms with E-state index in [1.165, 1.54) is 4.90 Å². The Bertz CT molecular complexity index is 997. The fourth-order valence-corrected chi connectivity index (χ4v) is 5.34. The van der Waals surface area contributed by atoms with Crippen molar-refractivity contribution in [1.82, 2.24) is 4.90 Å². The summed E-state index contributed by atoms with van der Waals surface area (Å²) in [5.74, 6) is 1.42. The maximum Gasteiger partial charge on any atom is 0.229 e. The standard InChI is InChI=1S/C23H23N3O2S2/c1-3-28-18-8-6-17(7-9-18)25-14-26-22(27)12-20(21(13-24)23(26)30-15-25)16-4-10-19(29-2)11-5-16/h4-11,20H,3,12,14-15H2,1-2H3. The number of allylic oxidation sites excluding steroid dienone is 1. The number of nitrogens with zero attached hydrogens (tertiary/aromatic N) is 3. The molecule has 0 aromatic heterocycles. The molecule has 30 heavy (non-hydrogen) atoms. The predicted octanol–water partition coefficient (Wildman–Crippen LogP) is 5.03. The average Bonchev–Trinajstić information content (AvgIpc) is 2.79. The lowest BCUT2D eigenvalue weighted by atomic mass is 9.86. The number of carbonyl (C=O) groups is 1. The highest BCUT2D eigenvalue weighted by Gasteiger charge is 2.38. The van der Waals surface area contributed by atoms with Crippen LogP contribution in [0.1, 0.15) is 24.8 Å². The highest BCUT2D eigenvalue weighted by atomic mass is 32.2. The van der Waals surface area contributed by atoms with Gasteiger partial charge in [-0.3, -0.25) is 9.69 Å². The molecule has 2 aliphatic rings. The van der Waals surface area contributed by atoms with Crippen LogP contribution in [0, 0.1) is 11.3 Å². The van der Waals surface area contributed by atoms with Gasteiger partial charge in [-0.05, 0) is 55.1 Å². The molecule has 1 amide bonds. The molecule has 1 fully saturated rings. The molecule has 4 rings (SSSR count). The van der Waals surface area contributed by atoms with Crippen LogP contribution in [0.2, 0.25) is 0 Å². The zero-order chi connectivity index (χ0) is 21.1. The lowest BCUT2D eigenvalue weighted by Gasteiger charge is -2.42. The van der Waals surface area contributed by atoms with Crippen molar-refractivity contribution in [2.24, 2.45) is 0 Å². The number of hydrogen-bond donors (Lipinski definition) is 0. The van der Waals surface area contributed by atoms with Crippen LogP contribution in [0.5, 0.6) is 5.75 Å². The Morgan fingerprint density at radius 3 is 2.57 bits per heavy atom. The maximum atomic E-state index is 13.0. The normalized spacial score (nSPS) is 18.8. The van der Waals surface area contributed by atoms with Crippen molar-refractivity contribution < 1.29 is 9.53 Å². The molecule has 154 valence electrons. The number of benzene rings is 2. The Morgan fingerprint density at radius 1 is 1.20 bits per heavy atom. The summed E-state index contributed by atoms with van der Waals surface area (Å²) in [6.07, 6.45) is 2.36. The van der Waals surface area contributed by atoms with E-state index >= 15 is 0 Å². The largest absolute Gasteiger partial charge is 0.494 e. The molecule has 1 saturated heterocycles. The van der Waals surface area contributed by atoms with Crippen molar-refractivity contribution in [3.8, 4) is 11.8 Å². The summed E-state index contributed by atoms with van der Waals surface area (Å²) >= 11 is 3.24. The first kappa shape index (κ1) is 20.7. The number of amides is 1. The summed E-state index contributed by atoms with van der Waals surface area (Å²) in [4.78, 5) is 18.1. The molecule has 0 spiro atoms. The minimum absolute atomic E-state index is 0.0612. The van der Waals surface area contributed by atoms with Crippen LogP contribution >= 0.6 is 23.5 Å². The van der Waals surface area contributed by atoms with E-state index in [0.717, 1.165) is 22.0 Å². The Labute approximate surface area is 185 Å². The average molecular weight is 438 g/mol. The predicted molar refractivity (Wildman–Crippen MR) is 122 cm³/mol. The van der Waals surface area contributed by atoms with Gasteiger partial charge in [0.2, 0.25) is 5.91 Å². The van der Waals surface area contributed by atoms with Crippen molar-refractivity contribution in [1.29, 1.82) is 5.26 Å². The van der Waals surface area contributed by atoms with E-state index in [9.17, 15) is 10.1 Å². The zero-order valence-electron chi connectivity index (χ0n) is 17.0. The monoisotopic (exact) mass is 437 g/mol. The molecule has 2 heterocycles. The van der Waals surface area contributed by atoms with Crippen molar-refractivity contribution >= 4 is 35.1 Å². The summed E-state index contributed by atoms with van der Waals surface area (Å²) in [5, 5.41) is 10.7. The van der Waals surface area contributed by atoms with Crippen LogP contribution in [0.3, 0.4) is 0 Å². The number of hydrogen-bond acceptors (Lipinski definition) is 6. The van der Waals surface area contributed by atoms with Gasteiger partial charge in [-0.15, -0.1) is 11.8 Å². The van der Waals surface area contributed by atoms with Crippen LogP contribution in [-0.4, -0.2) is 36.2 Å². The second kappa shape index (κ2) is 9.07. The van der Waals surface area contributed by atoms with Gasteiger partial charge < -0.3 is 9.64 Å². The summed E-state index contributed by atoms with van der Waals surface area (Å²) in [6.45, 7) is 3.05. The van der Waals surface area contributed by atoms with Crippen molar-refractivity contribution in [3.63, 3.8) is 0 Å². The van der Waals surface area contributed by atoms with Gasteiger partial charge in [-0.2, -0.15) is 5.26 Å². The van der Waals surface area contributed by atoms with E-state index in [1.807, 2.05) is 49.6 Å². The molecule has 0 bridgehead atoms. The van der Waals surface area contributed by atoms with E-state index in [1.54, 1.807) is 28.4 Å². The van der Waals surface area contributed by atoms with E-state index in [2.05, 4.69) is 23.1 Å². The number of ether oxygens (including phenoxy) is 1. The number of rotatable bonds is 5. The summed E-state index contributed by atoms with van der Waals surface area (Å²) in [6, 6.07) is 18.5. The Kier molecular flexibility index (Phi) is 6.26. The molecule has 0 aliphatic carbocycles. The molecule has 2 aromatic rings. The summed E-state index contributed by atoms with van der Waals surface area (Å²) in [7, 11) is 0. The molecule has 2 aromatic carbocycles. The number of thioether (sulfide) groups is 2. The third-order valence-corrected chi connectivity index (χ3v) is 7.22. The van der Waals surface area contributed by atoms with Crippen LogP contribution in [0.15, 0.2) is 64.0 Å². The molecule has 1 atom stereocenters. The smallest absolute Gasteiger partial charge is 0.229 e. The number of carbonyl (C=O) groups excluding carboxylic acids is 1. The molecular weight excluding hydrogens is 414 g/mol. The summed E-state index contributed by atoms with van der Waals surface area (Å²) in [5.41, 5.74) is 2.76. The molecule has 0 radical (unpaired) electrons. The minimum atomic E-state index is -0.172. The van der Waals surface area contributed by atoms with Crippen LogP contribution in [0.25, 0.3) is 0 Å². The first-order chi connectivity index (χ1) is 14.6. The van der Waals surface area contributed by atoms with Crippen molar-refractivity contribution in [2.45, 2.75) is 24.2 Å². The molecule has 7 heteroatoms. The van der Waals surface area contributed by atoms with Gasteiger partial charge in [-0.25, -0.2) is 0 Å². The highest BCUT2D eigenvalue weighted by molar-refractivity contribution is 8.03. The third-order valence-electron chi connectivity index (χ3n) is 5.32. The number of nitriles is 1. The van der Waals surface area contributed by atoms with E-state index < -0.39 is 0 Å².